The molecular formula is C44H52N2O3. The zero-order chi connectivity index (χ0) is 33.3. The number of pyridine rings is 1. The lowest BCUT2D eigenvalue weighted by atomic mass is 9.44. The Kier molecular flexibility index (Phi) is 9.22. The summed E-state index contributed by atoms with van der Waals surface area (Å²) in [4.78, 5) is 11.1. The van der Waals surface area contributed by atoms with E-state index in [0.717, 1.165) is 52.5 Å². The van der Waals surface area contributed by atoms with Gasteiger partial charge < -0.3 is 14.3 Å². The molecule has 0 N–H and O–H groups in total. The molecule has 49 heavy (non-hydrogen) atoms. The molecule has 0 bridgehead atoms. The predicted octanol–water partition coefficient (Wildman–Crippen LogP) is 10.3. The fraction of sp³-hybridized carbons (Fsp3) is 0.500. The minimum Gasteiger partial charge on any atom is -0.490 e. The highest BCUT2D eigenvalue weighted by molar-refractivity contribution is 5.97. The molecule has 4 aliphatic rings. The van der Waals surface area contributed by atoms with Crippen LogP contribution in [0, 0.1) is 40.4 Å². The van der Waals surface area contributed by atoms with E-state index in [0.29, 0.717) is 24.0 Å². The molecule has 5 heteroatoms. The molecule has 256 valence electrons. The summed E-state index contributed by atoms with van der Waals surface area (Å²) in [5.74, 6) is 4.41. The molecule has 0 aliphatic heterocycles. The van der Waals surface area contributed by atoms with Crippen molar-refractivity contribution in [2.24, 2.45) is 45.6 Å². The fourth-order valence-corrected chi connectivity index (χ4v) is 11.1. The molecule has 0 amide bonds. The predicted molar refractivity (Wildman–Crippen MR) is 196 cm³/mol. The van der Waals surface area contributed by atoms with Crippen LogP contribution in [0.4, 0.5) is 0 Å². The zero-order valence-corrected chi connectivity index (χ0v) is 29.3. The first-order valence-corrected chi connectivity index (χ1v) is 18.9. The molecule has 9 atom stereocenters. The van der Waals surface area contributed by atoms with Gasteiger partial charge in [0.05, 0.1) is 24.4 Å². The second kappa shape index (κ2) is 13.9. The molecule has 4 fully saturated rings. The lowest BCUT2D eigenvalue weighted by Crippen LogP contribution is -2.55. The second-order valence-corrected chi connectivity index (χ2v) is 16.0. The summed E-state index contributed by atoms with van der Waals surface area (Å²) in [6.07, 6.45) is 15.5. The van der Waals surface area contributed by atoms with E-state index >= 15 is 0 Å². The molecule has 0 unspecified atom stereocenters. The van der Waals surface area contributed by atoms with Gasteiger partial charge in [0.25, 0.3) is 0 Å². The molecule has 3 aromatic carbocycles. The van der Waals surface area contributed by atoms with Crippen LogP contribution in [0.2, 0.25) is 0 Å². The van der Waals surface area contributed by atoms with Crippen LogP contribution in [0.5, 0.6) is 5.75 Å². The fourth-order valence-electron chi connectivity index (χ4n) is 11.1. The topological polar surface area (TPSA) is 52.9 Å². The van der Waals surface area contributed by atoms with Gasteiger partial charge in [0.2, 0.25) is 0 Å². The van der Waals surface area contributed by atoms with E-state index in [1.165, 1.54) is 63.4 Å². The molecule has 4 aliphatic carbocycles. The number of ether oxygens (including phenoxy) is 2. The van der Waals surface area contributed by atoms with Crippen molar-refractivity contribution in [1.29, 1.82) is 0 Å². The highest BCUT2D eigenvalue weighted by atomic mass is 16.6. The summed E-state index contributed by atoms with van der Waals surface area (Å²) in [5.41, 5.74) is 3.86. The maximum absolute atomic E-state index is 6.53. The van der Waals surface area contributed by atoms with E-state index in [1.54, 1.807) is 0 Å². The minimum absolute atomic E-state index is 0.116. The molecular weight excluding hydrogens is 604 g/mol. The SMILES string of the molecule is C[C@]12CC[C@H](OCc3ccccc3)C[C@@H]1CC[C@@H]1[C@@H]2CC[C@]2(C)[C@@H]([C@@H](COc3ccccc3)O/N=C/c3cccc4cccnc34)CC[C@@H]12. The number of benzene rings is 3. The van der Waals surface area contributed by atoms with E-state index in [1.807, 2.05) is 48.8 Å². The van der Waals surface area contributed by atoms with Crippen LogP contribution in [0.15, 0.2) is 102 Å². The quantitative estimate of drug-likeness (QED) is 0.126. The Morgan fingerprint density at radius 2 is 1.57 bits per heavy atom. The number of rotatable bonds is 10. The van der Waals surface area contributed by atoms with Crippen LogP contribution in [0.3, 0.4) is 0 Å². The van der Waals surface area contributed by atoms with Gasteiger partial charge in [-0.15, -0.1) is 0 Å². The number of nitrogens with zero attached hydrogens (tertiary/aromatic N) is 2. The van der Waals surface area contributed by atoms with Gasteiger partial charge in [-0.25, -0.2) is 0 Å². The van der Waals surface area contributed by atoms with E-state index < -0.39 is 0 Å². The summed E-state index contributed by atoms with van der Waals surface area (Å²) in [6.45, 7) is 6.49. The molecule has 0 saturated heterocycles. The Labute approximate surface area is 292 Å². The first kappa shape index (κ1) is 32.5. The molecule has 1 heterocycles. The standard InChI is InChI=1S/C44H52N2O3/c1-43-24-22-36(47-29-31-11-5-3-6-12-31)27-34(43)18-19-37-38-20-21-40(44(38,2)25-23-39(37)43)41(30-48-35-16-7-4-8-17-35)49-46-28-33-14-9-13-32-15-10-26-45-42(32)33/h3-17,26,28,34,36-41H,18-25,27,29-30H2,1-2H3/b46-28+/t34-,36-,37-,38-,39-,40+,41+,43-,44-/m0/s1. The van der Waals surface area contributed by atoms with Crippen molar-refractivity contribution in [1.82, 2.24) is 4.98 Å². The maximum Gasteiger partial charge on any atom is 0.164 e. The number of oxime groups is 1. The van der Waals surface area contributed by atoms with E-state index in [9.17, 15) is 0 Å². The largest absolute Gasteiger partial charge is 0.490 e. The summed E-state index contributed by atoms with van der Waals surface area (Å²) in [7, 11) is 0. The Bertz CT molecular complexity index is 1720. The van der Waals surface area contributed by atoms with Crippen LogP contribution in [0.1, 0.15) is 82.8 Å². The van der Waals surface area contributed by atoms with Gasteiger partial charge in [-0.1, -0.05) is 91.8 Å². The maximum atomic E-state index is 6.53. The summed E-state index contributed by atoms with van der Waals surface area (Å²) < 4.78 is 12.9. The first-order valence-electron chi connectivity index (χ1n) is 18.9. The van der Waals surface area contributed by atoms with Crippen molar-refractivity contribution >= 4 is 17.1 Å². The first-order chi connectivity index (χ1) is 24.0. The number of fused-ring (bicyclic) bond motifs is 6. The highest BCUT2D eigenvalue weighted by Crippen LogP contribution is 2.68. The van der Waals surface area contributed by atoms with Gasteiger partial charge in [0.1, 0.15) is 12.4 Å². The van der Waals surface area contributed by atoms with Crippen molar-refractivity contribution in [3.8, 4) is 5.75 Å². The van der Waals surface area contributed by atoms with Crippen molar-refractivity contribution in [3.05, 3.63) is 108 Å². The number of hydrogen-bond acceptors (Lipinski definition) is 5. The van der Waals surface area contributed by atoms with Crippen LogP contribution in [-0.4, -0.2) is 30.0 Å². The summed E-state index contributed by atoms with van der Waals surface area (Å²) >= 11 is 0. The monoisotopic (exact) mass is 656 g/mol. The average molecular weight is 657 g/mol. The van der Waals surface area contributed by atoms with Crippen molar-refractivity contribution in [3.63, 3.8) is 0 Å². The van der Waals surface area contributed by atoms with E-state index in [2.05, 4.69) is 78.6 Å². The Hall–Kier alpha value is -3.70. The van der Waals surface area contributed by atoms with Gasteiger partial charge in [-0.05, 0) is 116 Å². The molecule has 4 saturated carbocycles. The third kappa shape index (κ3) is 6.40. The Morgan fingerprint density at radius 3 is 2.43 bits per heavy atom. The molecule has 0 radical (unpaired) electrons. The van der Waals surface area contributed by atoms with Gasteiger partial charge in [-0.2, -0.15) is 0 Å². The van der Waals surface area contributed by atoms with Crippen LogP contribution < -0.4 is 4.74 Å². The summed E-state index contributed by atoms with van der Waals surface area (Å²) in [5, 5.41) is 5.76. The second-order valence-electron chi connectivity index (χ2n) is 16.0. The average Bonchev–Trinajstić information content (AvgIpc) is 3.50. The molecule has 1 aromatic heterocycles. The van der Waals surface area contributed by atoms with Crippen LogP contribution in [-0.2, 0) is 16.2 Å². The molecule has 8 rings (SSSR count). The number of para-hydroxylation sites is 2. The third-order valence-corrected chi connectivity index (χ3v) is 13.7. The van der Waals surface area contributed by atoms with Gasteiger partial charge >= 0.3 is 0 Å². The summed E-state index contributed by atoms with van der Waals surface area (Å²) in [6, 6.07) is 31.1. The normalized spacial score (nSPS) is 33.0. The highest BCUT2D eigenvalue weighted by Gasteiger charge is 2.61. The third-order valence-electron chi connectivity index (χ3n) is 13.7. The van der Waals surface area contributed by atoms with Crippen LogP contribution in [0.25, 0.3) is 10.9 Å². The Morgan fingerprint density at radius 1 is 0.796 bits per heavy atom. The molecule has 0 spiro atoms. The van der Waals surface area contributed by atoms with Crippen molar-refractivity contribution < 1.29 is 14.3 Å². The molecule has 4 aromatic rings. The number of hydrogen-bond donors (Lipinski definition) is 0. The lowest BCUT2D eigenvalue weighted by molar-refractivity contribution is -0.145. The molecule has 5 nitrogen and oxygen atoms in total. The van der Waals surface area contributed by atoms with Gasteiger partial charge in [-0.3, -0.25) is 4.98 Å². The lowest BCUT2D eigenvalue weighted by Gasteiger charge is -2.61. The van der Waals surface area contributed by atoms with Crippen LogP contribution >= 0.6 is 0 Å². The van der Waals surface area contributed by atoms with E-state index in [-0.39, 0.29) is 11.5 Å². The smallest absolute Gasteiger partial charge is 0.164 e. The zero-order valence-electron chi connectivity index (χ0n) is 29.3. The number of aromatic nitrogens is 1. The van der Waals surface area contributed by atoms with Crippen molar-refractivity contribution in [2.45, 2.75) is 90.4 Å². The van der Waals surface area contributed by atoms with Gasteiger partial charge in [0.15, 0.2) is 6.10 Å². The van der Waals surface area contributed by atoms with Crippen molar-refractivity contribution in [2.75, 3.05) is 6.61 Å². The van der Waals surface area contributed by atoms with E-state index in [4.69, 9.17) is 14.3 Å². The Balaban J connectivity index is 0.972. The minimum atomic E-state index is -0.116. The van der Waals surface area contributed by atoms with Gasteiger partial charge in [0, 0.05) is 23.1 Å².